The van der Waals surface area contributed by atoms with Crippen LogP contribution in [-0.4, -0.2) is 23.8 Å². The molecule has 0 spiro atoms. The highest BCUT2D eigenvalue weighted by atomic mass is 32.2. The van der Waals surface area contributed by atoms with E-state index in [2.05, 4.69) is 15.1 Å². The summed E-state index contributed by atoms with van der Waals surface area (Å²) < 4.78 is 28.4. The molecule has 0 bridgehead atoms. The molecule has 0 saturated heterocycles. The first kappa shape index (κ1) is 12.8. The van der Waals surface area contributed by atoms with E-state index in [1.807, 2.05) is 0 Å². The molecule has 8 heteroatoms. The average molecular weight is 269 g/mol. The molecule has 2 rings (SSSR count). The predicted octanol–water partition coefficient (Wildman–Crippen LogP) is 0.307. The molecule has 0 aliphatic carbocycles. The van der Waals surface area contributed by atoms with Crippen LogP contribution >= 0.6 is 0 Å². The molecule has 4 N–H and O–H groups in total. The number of fused-ring (bicyclic) bond motifs is 1. The number of nitrogen functional groups attached to an aromatic ring is 1. The number of hydrogen-bond donors (Lipinski definition) is 3. The number of hydrazine groups is 1. The molecule has 7 nitrogen and oxygen atoms in total. The summed E-state index contributed by atoms with van der Waals surface area (Å²) in [5, 5.41) is 0.00861. The lowest BCUT2D eigenvalue weighted by Gasteiger charge is -2.10. The van der Waals surface area contributed by atoms with Crippen molar-refractivity contribution in [1.82, 2.24) is 14.1 Å². The number of hydrogen-bond acceptors (Lipinski definition) is 5. The van der Waals surface area contributed by atoms with Crippen molar-refractivity contribution in [2.75, 3.05) is 5.43 Å². The third kappa shape index (κ3) is 2.17. The smallest absolute Gasteiger partial charge is 0.260 e. The van der Waals surface area contributed by atoms with Gasteiger partial charge in [0.15, 0.2) is 10.8 Å². The van der Waals surface area contributed by atoms with Gasteiger partial charge >= 0.3 is 0 Å². The van der Waals surface area contributed by atoms with Crippen molar-refractivity contribution in [2.24, 2.45) is 5.84 Å². The first-order valence-electron chi connectivity index (χ1n) is 5.41. The maximum absolute atomic E-state index is 12.2. The molecule has 0 unspecified atom stereocenters. The van der Waals surface area contributed by atoms with Gasteiger partial charge in [-0.3, -0.25) is 4.40 Å². The summed E-state index contributed by atoms with van der Waals surface area (Å²) in [5.74, 6) is 5.44. The van der Waals surface area contributed by atoms with Gasteiger partial charge in [-0.1, -0.05) is 6.07 Å². The highest BCUT2D eigenvalue weighted by Gasteiger charge is 2.25. The van der Waals surface area contributed by atoms with Gasteiger partial charge in [-0.25, -0.2) is 24.0 Å². The van der Waals surface area contributed by atoms with Gasteiger partial charge in [-0.15, -0.1) is 0 Å². The monoisotopic (exact) mass is 269 g/mol. The average Bonchev–Trinajstić information content (AvgIpc) is 2.66. The Morgan fingerprint density at radius 3 is 2.72 bits per heavy atom. The Morgan fingerprint density at radius 1 is 1.39 bits per heavy atom. The minimum absolute atomic E-state index is 0.00861. The van der Waals surface area contributed by atoms with Crippen molar-refractivity contribution in [1.29, 1.82) is 0 Å². The van der Waals surface area contributed by atoms with E-state index < -0.39 is 10.0 Å². The van der Waals surface area contributed by atoms with Gasteiger partial charge in [-0.2, -0.15) is 0 Å². The molecule has 0 saturated carbocycles. The van der Waals surface area contributed by atoms with Crippen molar-refractivity contribution in [3.8, 4) is 0 Å². The fourth-order valence-corrected chi connectivity index (χ4v) is 3.19. The van der Waals surface area contributed by atoms with E-state index in [1.54, 1.807) is 38.2 Å². The molecule has 0 aromatic carbocycles. The number of imidazole rings is 1. The zero-order valence-corrected chi connectivity index (χ0v) is 10.9. The van der Waals surface area contributed by atoms with Crippen LogP contribution in [0.4, 0.5) is 5.82 Å². The Hall–Kier alpha value is -1.64. The Morgan fingerprint density at radius 2 is 2.11 bits per heavy atom. The number of nitrogens with one attached hydrogen (secondary N) is 2. The van der Waals surface area contributed by atoms with Crippen molar-refractivity contribution >= 4 is 21.5 Å². The van der Waals surface area contributed by atoms with Crippen LogP contribution in [0.15, 0.2) is 29.4 Å². The summed E-state index contributed by atoms with van der Waals surface area (Å²) in [5.41, 5.74) is 2.82. The number of pyridine rings is 1. The highest BCUT2D eigenvalue weighted by molar-refractivity contribution is 7.89. The van der Waals surface area contributed by atoms with Crippen LogP contribution < -0.4 is 16.0 Å². The molecule has 0 atom stereocenters. The van der Waals surface area contributed by atoms with Gasteiger partial charge in [0.1, 0.15) is 5.65 Å². The van der Waals surface area contributed by atoms with Crippen LogP contribution in [0.25, 0.3) is 5.65 Å². The van der Waals surface area contributed by atoms with E-state index in [0.29, 0.717) is 5.65 Å². The molecule has 18 heavy (non-hydrogen) atoms. The zero-order chi connectivity index (χ0) is 13.3. The van der Waals surface area contributed by atoms with Crippen LogP contribution in [0, 0.1) is 0 Å². The molecule has 2 heterocycles. The van der Waals surface area contributed by atoms with E-state index in [-0.39, 0.29) is 16.9 Å². The molecule has 0 aliphatic rings. The molecular formula is C10H15N5O2S. The lowest BCUT2D eigenvalue weighted by atomic mass is 10.4. The first-order chi connectivity index (χ1) is 8.45. The molecule has 0 aliphatic heterocycles. The maximum Gasteiger partial charge on any atom is 0.260 e. The summed E-state index contributed by atoms with van der Waals surface area (Å²) in [6.45, 7) is 3.49. The standard InChI is InChI=1S/C10H15N5O2S/c1-7(2)14-18(16,17)10-9(13-11)12-8-5-3-4-6-15(8)10/h3-7,13-14H,11H2,1-2H3. The van der Waals surface area contributed by atoms with Gasteiger partial charge in [0.05, 0.1) is 0 Å². The largest absolute Gasteiger partial charge is 0.306 e. The SMILES string of the molecule is CC(C)NS(=O)(=O)c1c(NN)nc2ccccn12. The summed E-state index contributed by atoms with van der Waals surface area (Å²) in [6, 6.07) is 4.99. The maximum atomic E-state index is 12.2. The second kappa shape index (κ2) is 4.56. The second-order valence-electron chi connectivity index (χ2n) is 4.11. The number of nitrogens with zero attached hydrogens (tertiary/aromatic N) is 2. The summed E-state index contributed by atoms with van der Waals surface area (Å²) in [6.07, 6.45) is 1.62. The van der Waals surface area contributed by atoms with Crippen LogP contribution in [0.2, 0.25) is 0 Å². The van der Waals surface area contributed by atoms with Crippen molar-refractivity contribution in [3.63, 3.8) is 0 Å². The lowest BCUT2D eigenvalue weighted by molar-refractivity contribution is 0.565. The zero-order valence-electron chi connectivity index (χ0n) is 10.1. The van der Waals surface area contributed by atoms with E-state index in [9.17, 15) is 8.42 Å². The van der Waals surface area contributed by atoms with Crippen LogP contribution in [-0.2, 0) is 10.0 Å². The number of aromatic nitrogens is 2. The Labute approximate surface area is 105 Å². The first-order valence-corrected chi connectivity index (χ1v) is 6.90. The molecule has 98 valence electrons. The van der Waals surface area contributed by atoms with Gasteiger partial charge in [0, 0.05) is 12.2 Å². The molecule has 0 amide bonds. The summed E-state index contributed by atoms with van der Waals surface area (Å²) >= 11 is 0. The van der Waals surface area contributed by atoms with Crippen LogP contribution in [0.3, 0.4) is 0 Å². The van der Waals surface area contributed by atoms with Crippen LogP contribution in [0.5, 0.6) is 0 Å². The topological polar surface area (TPSA) is 102 Å². The number of rotatable bonds is 4. The number of nitrogens with two attached hydrogens (primary N) is 1. The lowest BCUT2D eigenvalue weighted by Crippen LogP contribution is -2.32. The molecular weight excluding hydrogens is 254 g/mol. The van der Waals surface area contributed by atoms with Crippen molar-refractivity contribution in [3.05, 3.63) is 24.4 Å². The highest BCUT2D eigenvalue weighted by Crippen LogP contribution is 2.21. The Kier molecular flexibility index (Phi) is 3.24. The minimum atomic E-state index is -3.68. The van der Waals surface area contributed by atoms with E-state index >= 15 is 0 Å². The Bertz CT molecular complexity index is 662. The molecule has 0 radical (unpaired) electrons. The van der Waals surface area contributed by atoms with E-state index in [0.717, 1.165) is 0 Å². The van der Waals surface area contributed by atoms with Gasteiger partial charge in [-0.05, 0) is 26.0 Å². The Balaban J connectivity index is 2.69. The summed E-state index contributed by atoms with van der Waals surface area (Å²) in [7, 11) is -3.68. The number of anilines is 1. The predicted molar refractivity (Wildman–Crippen MR) is 68.5 cm³/mol. The van der Waals surface area contributed by atoms with Gasteiger partial charge in [0.2, 0.25) is 0 Å². The third-order valence-corrected chi connectivity index (χ3v) is 3.95. The van der Waals surface area contributed by atoms with Gasteiger partial charge in [0.25, 0.3) is 10.0 Å². The van der Waals surface area contributed by atoms with Crippen LogP contribution in [0.1, 0.15) is 13.8 Å². The van der Waals surface area contributed by atoms with E-state index in [1.165, 1.54) is 4.40 Å². The quantitative estimate of drug-likeness (QED) is 0.547. The van der Waals surface area contributed by atoms with Crippen molar-refractivity contribution in [2.45, 2.75) is 24.9 Å². The van der Waals surface area contributed by atoms with Crippen molar-refractivity contribution < 1.29 is 8.42 Å². The molecule has 2 aromatic heterocycles. The fourth-order valence-electron chi connectivity index (χ4n) is 1.69. The number of sulfonamides is 1. The summed E-state index contributed by atoms with van der Waals surface area (Å²) in [4.78, 5) is 4.11. The molecule has 2 aromatic rings. The molecule has 0 fully saturated rings. The van der Waals surface area contributed by atoms with E-state index in [4.69, 9.17) is 5.84 Å². The normalized spacial score (nSPS) is 12.2. The second-order valence-corrected chi connectivity index (χ2v) is 5.74. The third-order valence-electron chi connectivity index (χ3n) is 2.27. The fraction of sp³-hybridized carbons (Fsp3) is 0.300. The minimum Gasteiger partial charge on any atom is -0.306 e. The van der Waals surface area contributed by atoms with Gasteiger partial charge < -0.3 is 5.43 Å².